The van der Waals surface area contributed by atoms with E-state index in [2.05, 4.69) is 9.97 Å². The SMILES string of the molecule is CN(C)C(=O)N1CCC(C(=O)N2CCc3nc[nH]c3C2)CC1. The highest BCUT2D eigenvalue weighted by Gasteiger charge is 2.32. The van der Waals surface area contributed by atoms with E-state index in [1.807, 2.05) is 9.80 Å². The van der Waals surface area contributed by atoms with Crippen LogP contribution in [0.3, 0.4) is 0 Å². The second-order valence-electron chi connectivity index (χ2n) is 6.28. The molecule has 0 unspecified atom stereocenters. The maximum Gasteiger partial charge on any atom is 0.319 e. The van der Waals surface area contributed by atoms with Gasteiger partial charge in [0.15, 0.2) is 0 Å². The van der Waals surface area contributed by atoms with E-state index in [1.165, 1.54) is 0 Å². The van der Waals surface area contributed by atoms with Crippen molar-refractivity contribution in [2.45, 2.75) is 25.8 Å². The Morgan fingerprint density at radius 1 is 1.23 bits per heavy atom. The average Bonchev–Trinajstić information content (AvgIpc) is 3.01. The number of amides is 3. The molecule has 3 rings (SSSR count). The molecule has 0 radical (unpaired) electrons. The average molecular weight is 305 g/mol. The first-order valence-corrected chi connectivity index (χ1v) is 7.82. The van der Waals surface area contributed by atoms with Crippen molar-refractivity contribution >= 4 is 11.9 Å². The zero-order valence-corrected chi connectivity index (χ0v) is 13.2. The second-order valence-corrected chi connectivity index (χ2v) is 6.28. The van der Waals surface area contributed by atoms with E-state index >= 15 is 0 Å². The Morgan fingerprint density at radius 3 is 2.64 bits per heavy atom. The molecule has 22 heavy (non-hydrogen) atoms. The number of hydrogen-bond acceptors (Lipinski definition) is 3. The van der Waals surface area contributed by atoms with Crippen LogP contribution in [0.4, 0.5) is 4.79 Å². The number of fused-ring (bicyclic) bond motifs is 1. The lowest BCUT2D eigenvalue weighted by atomic mass is 9.94. The summed E-state index contributed by atoms with van der Waals surface area (Å²) in [5.74, 6) is 0.257. The lowest BCUT2D eigenvalue weighted by Crippen LogP contribution is -2.47. The largest absolute Gasteiger partial charge is 0.347 e. The Labute approximate surface area is 130 Å². The molecule has 0 aliphatic carbocycles. The second kappa shape index (κ2) is 5.98. The summed E-state index contributed by atoms with van der Waals surface area (Å²) in [6.45, 7) is 2.70. The first kappa shape index (κ1) is 14.9. The Balaban J connectivity index is 1.56. The number of H-pyrrole nitrogens is 1. The molecule has 2 aliphatic heterocycles. The van der Waals surface area contributed by atoms with Crippen molar-refractivity contribution in [1.82, 2.24) is 24.7 Å². The van der Waals surface area contributed by atoms with Crippen molar-refractivity contribution in [3.8, 4) is 0 Å². The van der Waals surface area contributed by atoms with Crippen LogP contribution in [0.15, 0.2) is 6.33 Å². The monoisotopic (exact) mass is 305 g/mol. The minimum atomic E-state index is 0.0333. The number of carbonyl (C=O) groups excluding carboxylic acids is 2. The first-order valence-electron chi connectivity index (χ1n) is 7.82. The van der Waals surface area contributed by atoms with Crippen LogP contribution < -0.4 is 0 Å². The highest BCUT2D eigenvalue weighted by molar-refractivity contribution is 5.80. The van der Waals surface area contributed by atoms with E-state index in [0.29, 0.717) is 19.6 Å². The molecule has 0 bridgehead atoms. The van der Waals surface area contributed by atoms with Gasteiger partial charge in [0, 0.05) is 46.1 Å². The van der Waals surface area contributed by atoms with Gasteiger partial charge in [-0.15, -0.1) is 0 Å². The quantitative estimate of drug-likeness (QED) is 0.829. The summed E-state index contributed by atoms with van der Waals surface area (Å²) in [5.41, 5.74) is 2.13. The molecule has 7 nitrogen and oxygen atoms in total. The lowest BCUT2D eigenvalue weighted by molar-refractivity contribution is -0.137. The molecule has 1 N–H and O–H groups in total. The molecule has 0 spiro atoms. The van der Waals surface area contributed by atoms with E-state index in [-0.39, 0.29) is 17.9 Å². The summed E-state index contributed by atoms with van der Waals surface area (Å²) >= 11 is 0. The normalized spacial score (nSPS) is 19.0. The summed E-state index contributed by atoms with van der Waals surface area (Å²) in [6, 6.07) is 0.0333. The van der Waals surface area contributed by atoms with Gasteiger partial charge in [-0.1, -0.05) is 0 Å². The number of aromatic amines is 1. The Hall–Kier alpha value is -2.05. The Bertz CT molecular complexity index is 560. The highest BCUT2D eigenvalue weighted by atomic mass is 16.2. The van der Waals surface area contributed by atoms with Gasteiger partial charge >= 0.3 is 6.03 Å². The minimum absolute atomic E-state index is 0.0333. The van der Waals surface area contributed by atoms with Gasteiger partial charge in [-0.2, -0.15) is 0 Å². The number of urea groups is 1. The number of nitrogens with one attached hydrogen (secondary N) is 1. The summed E-state index contributed by atoms with van der Waals surface area (Å²) in [6.07, 6.45) is 4.03. The lowest BCUT2D eigenvalue weighted by Gasteiger charge is -2.36. The number of carbonyl (C=O) groups is 2. The van der Waals surface area contributed by atoms with Crippen LogP contribution in [-0.2, 0) is 17.8 Å². The Kier molecular flexibility index (Phi) is 4.04. The van der Waals surface area contributed by atoms with Gasteiger partial charge in [-0.25, -0.2) is 9.78 Å². The van der Waals surface area contributed by atoms with Crippen molar-refractivity contribution in [3.05, 3.63) is 17.7 Å². The number of piperidine rings is 1. The van der Waals surface area contributed by atoms with E-state index < -0.39 is 0 Å². The molecule has 0 saturated carbocycles. The third-order valence-electron chi connectivity index (χ3n) is 4.58. The molecular formula is C15H23N5O2. The van der Waals surface area contributed by atoms with E-state index in [0.717, 1.165) is 37.2 Å². The Morgan fingerprint density at radius 2 is 1.95 bits per heavy atom. The molecule has 2 aliphatic rings. The molecule has 0 aromatic carbocycles. The third kappa shape index (κ3) is 2.80. The fraction of sp³-hybridized carbons (Fsp3) is 0.667. The van der Waals surface area contributed by atoms with E-state index in [4.69, 9.17) is 0 Å². The van der Waals surface area contributed by atoms with Gasteiger partial charge in [-0.3, -0.25) is 4.79 Å². The smallest absolute Gasteiger partial charge is 0.319 e. The van der Waals surface area contributed by atoms with E-state index in [9.17, 15) is 9.59 Å². The zero-order valence-electron chi connectivity index (χ0n) is 13.2. The summed E-state index contributed by atoms with van der Waals surface area (Å²) in [7, 11) is 3.52. The topological polar surface area (TPSA) is 72.5 Å². The van der Waals surface area contributed by atoms with Crippen LogP contribution in [0.1, 0.15) is 24.2 Å². The molecule has 0 atom stereocenters. The number of likely N-dealkylation sites (tertiary alicyclic amines) is 1. The number of aromatic nitrogens is 2. The van der Waals surface area contributed by atoms with Crippen LogP contribution in [-0.4, -0.2) is 70.3 Å². The van der Waals surface area contributed by atoms with Gasteiger partial charge in [0.25, 0.3) is 0 Å². The predicted molar refractivity (Wildman–Crippen MR) is 81.1 cm³/mol. The van der Waals surface area contributed by atoms with Gasteiger partial charge in [-0.05, 0) is 12.8 Å². The number of nitrogens with zero attached hydrogens (tertiary/aromatic N) is 4. The van der Waals surface area contributed by atoms with Gasteiger partial charge in [0.1, 0.15) is 0 Å². The summed E-state index contributed by atoms with van der Waals surface area (Å²) in [5, 5.41) is 0. The van der Waals surface area contributed by atoms with Crippen LogP contribution >= 0.6 is 0 Å². The van der Waals surface area contributed by atoms with Gasteiger partial charge in [0.2, 0.25) is 5.91 Å². The van der Waals surface area contributed by atoms with Crippen LogP contribution in [0, 0.1) is 5.92 Å². The van der Waals surface area contributed by atoms with Crippen molar-refractivity contribution in [3.63, 3.8) is 0 Å². The summed E-state index contributed by atoms with van der Waals surface area (Å²) in [4.78, 5) is 37.3. The molecule has 3 amide bonds. The van der Waals surface area contributed by atoms with Gasteiger partial charge < -0.3 is 19.7 Å². The number of rotatable bonds is 1. The first-order chi connectivity index (χ1) is 10.6. The fourth-order valence-corrected chi connectivity index (χ4v) is 3.26. The van der Waals surface area contributed by atoms with Crippen molar-refractivity contribution in [2.75, 3.05) is 33.7 Å². The van der Waals surface area contributed by atoms with Crippen molar-refractivity contribution in [1.29, 1.82) is 0 Å². The molecule has 3 heterocycles. The third-order valence-corrected chi connectivity index (χ3v) is 4.58. The molecule has 120 valence electrons. The molecular weight excluding hydrogens is 282 g/mol. The van der Waals surface area contributed by atoms with Crippen LogP contribution in [0.25, 0.3) is 0 Å². The van der Waals surface area contributed by atoms with Crippen molar-refractivity contribution < 1.29 is 9.59 Å². The molecule has 1 aromatic heterocycles. The van der Waals surface area contributed by atoms with Crippen LogP contribution in [0.2, 0.25) is 0 Å². The number of hydrogen-bond donors (Lipinski definition) is 1. The maximum atomic E-state index is 12.7. The maximum absolute atomic E-state index is 12.7. The van der Waals surface area contributed by atoms with Gasteiger partial charge in [0.05, 0.1) is 24.3 Å². The number of imidazole rings is 1. The molecule has 7 heteroatoms. The molecule has 1 aromatic rings. The van der Waals surface area contributed by atoms with E-state index in [1.54, 1.807) is 25.3 Å². The summed E-state index contributed by atoms with van der Waals surface area (Å²) < 4.78 is 0. The van der Waals surface area contributed by atoms with Crippen molar-refractivity contribution in [2.24, 2.45) is 5.92 Å². The zero-order chi connectivity index (χ0) is 15.7. The minimum Gasteiger partial charge on any atom is -0.347 e. The standard InChI is InChI=1S/C15H23N5O2/c1-18(2)15(22)19-6-3-11(4-7-19)14(21)20-8-5-12-13(9-20)17-10-16-12/h10-11H,3-9H2,1-2H3,(H,16,17). The fourth-order valence-electron chi connectivity index (χ4n) is 3.26. The predicted octanol–water partition coefficient (Wildman–Crippen LogP) is 0.688. The highest BCUT2D eigenvalue weighted by Crippen LogP contribution is 2.23. The molecule has 1 saturated heterocycles. The van der Waals surface area contributed by atoms with Crippen LogP contribution in [0.5, 0.6) is 0 Å². The molecule has 1 fully saturated rings.